The molecule has 1 amide bonds. The van der Waals surface area contributed by atoms with E-state index in [9.17, 15) is 4.79 Å². The molecule has 3 N–H and O–H groups in total. The van der Waals surface area contributed by atoms with Crippen LogP contribution in [0.2, 0.25) is 0 Å². The number of rotatable bonds is 4. The van der Waals surface area contributed by atoms with Crippen molar-refractivity contribution < 1.29 is 9.32 Å². The average Bonchev–Trinajstić information content (AvgIpc) is 2.75. The molecule has 20 heavy (non-hydrogen) atoms. The van der Waals surface area contributed by atoms with Crippen LogP contribution in [0.4, 0.5) is 5.69 Å². The normalized spacial score (nSPS) is 10.9. The molecule has 0 saturated heterocycles. The van der Waals surface area contributed by atoms with E-state index in [1.165, 1.54) is 6.08 Å². The van der Waals surface area contributed by atoms with Gasteiger partial charge in [0.25, 0.3) is 0 Å². The standard InChI is InChI=1S/C15H17N3O2/c1-10-14(11(2)20-18-10)9-17-15(19)8-5-12-3-6-13(16)7-4-12/h3-8H,9,16H2,1-2H3,(H,17,19)/b8-5+. The first kappa shape index (κ1) is 13.9. The second-order valence-electron chi connectivity index (χ2n) is 4.52. The Morgan fingerprint density at radius 2 is 2.05 bits per heavy atom. The van der Waals surface area contributed by atoms with Gasteiger partial charge in [-0.2, -0.15) is 0 Å². The molecule has 5 heteroatoms. The number of nitrogens with two attached hydrogens (primary N) is 1. The fraction of sp³-hybridized carbons (Fsp3) is 0.200. The van der Waals surface area contributed by atoms with Crippen molar-refractivity contribution in [1.29, 1.82) is 0 Å². The molecule has 2 aromatic rings. The number of benzene rings is 1. The van der Waals surface area contributed by atoms with Gasteiger partial charge in [0.2, 0.25) is 5.91 Å². The van der Waals surface area contributed by atoms with Gasteiger partial charge in [-0.15, -0.1) is 0 Å². The minimum Gasteiger partial charge on any atom is -0.399 e. The zero-order valence-electron chi connectivity index (χ0n) is 11.5. The number of nitrogens with zero attached hydrogens (tertiary/aromatic N) is 1. The van der Waals surface area contributed by atoms with Gasteiger partial charge >= 0.3 is 0 Å². The monoisotopic (exact) mass is 271 g/mol. The first-order valence-electron chi connectivity index (χ1n) is 6.29. The summed E-state index contributed by atoms with van der Waals surface area (Å²) in [6.07, 6.45) is 3.23. The van der Waals surface area contributed by atoms with Crippen molar-refractivity contribution in [3.8, 4) is 0 Å². The topological polar surface area (TPSA) is 81.2 Å². The van der Waals surface area contributed by atoms with Gasteiger partial charge in [-0.05, 0) is 37.6 Å². The van der Waals surface area contributed by atoms with Gasteiger partial charge in [0, 0.05) is 23.9 Å². The summed E-state index contributed by atoms with van der Waals surface area (Å²) in [5.41, 5.74) is 8.93. The molecule has 104 valence electrons. The number of carbonyl (C=O) groups excluding carboxylic acids is 1. The van der Waals surface area contributed by atoms with E-state index >= 15 is 0 Å². The number of aryl methyl sites for hydroxylation is 2. The molecule has 2 rings (SSSR count). The minimum absolute atomic E-state index is 0.165. The molecular weight excluding hydrogens is 254 g/mol. The number of carbonyl (C=O) groups is 1. The SMILES string of the molecule is Cc1noc(C)c1CNC(=O)/C=C/c1ccc(N)cc1. The molecule has 0 aliphatic carbocycles. The van der Waals surface area contributed by atoms with Crippen LogP contribution in [0.1, 0.15) is 22.6 Å². The van der Waals surface area contributed by atoms with E-state index < -0.39 is 0 Å². The fourth-order valence-corrected chi connectivity index (χ4v) is 1.77. The Morgan fingerprint density at radius 1 is 1.35 bits per heavy atom. The zero-order chi connectivity index (χ0) is 14.5. The van der Waals surface area contributed by atoms with Crippen molar-refractivity contribution in [3.63, 3.8) is 0 Å². The van der Waals surface area contributed by atoms with Crippen LogP contribution in [0.15, 0.2) is 34.9 Å². The van der Waals surface area contributed by atoms with Crippen LogP contribution in [-0.4, -0.2) is 11.1 Å². The summed E-state index contributed by atoms with van der Waals surface area (Å²) in [4.78, 5) is 11.7. The summed E-state index contributed by atoms with van der Waals surface area (Å²) < 4.78 is 5.04. The predicted molar refractivity (Wildman–Crippen MR) is 77.7 cm³/mol. The lowest BCUT2D eigenvalue weighted by Crippen LogP contribution is -2.20. The van der Waals surface area contributed by atoms with Crippen LogP contribution in [0.25, 0.3) is 6.08 Å². The van der Waals surface area contributed by atoms with Gasteiger partial charge in [-0.3, -0.25) is 4.79 Å². The van der Waals surface area contributed by atoms with Gasteiger partial charge in [0.1, 0.15) is 5.76 Å². The van der Waals surface area contributed by atoms with Crippen molar-refractivity contribution in [2.45, 2.75) is 20.4 Å². The van der Waals surface area contributed by atoms with E-state index in [2.05, 4.69) is 10.5 Å². The highest BCUT2D eigenvalue weighted by atomic mass is 16.5. The summed E-state index contributed by atoms with van der Waals surface area (Å²) in [6, 6.07) is 7.30. The Hall–Kier alpha value is -2.56. The number of anilines is 1. The third-order valence-electron chi connectivity index (χ3n) is 2.98. The summed E-state index contributed by atoms with van der Waals surface area (Å²) in [6.45, 7) is 4.08. The maximum absolute atomic E-state index is 11.7. The van der Waals surface area contributed by atoms with E-state index in [1.807, 2.05) is 26.0 Å². The first-order valence-corrected chi connectivity index (χ1v) is 6.29. The van der Waals surface area contributed by atoms with Crippen LogP contribution in [-0.2, 0) is 11.3 Å². The van der Waals surface area contributed by atoms with Gasteiger partial charge in [0.05, 0.1) is 5.69 Å². The largest absolute Gasteiger partial charge is 0.399 e. The van der Waals surface area contributed by atoms with Crippen molar-refractivity contribution in [3.05, 3.63) is 52.9 Å². The second kappa shape index (κ2) is 6.06. The lowest BCUT2D eigenvalue weighted by molar-refractivity contribution is -0.116. The van der Waals surface area contributed by atoms with Crippen molar-refractivity contribution in [1.82, 2.24) is 10.5 Å². The molecule has 0 atom stereocenters. The van der Waals surface area contributed by atoms with Crippen LogP contribution in [0.3, 0.4) is 0 Å². The van der Waals surface area contributed by atoms with Gasteiger partial charge in [0.15, 0.2) is 0 Å². The van der Waals surface area contributed by atoms with Crippen molar-refractivity contribution in [2.75, 3.05) is 5.73 Å². The van der Waals surface area contributed by atoms with Crippen molar-refractivity contribution >= 4 is 17.7 Å². The highest BCUT2D eigenvalue weighted by Crippen LogP contribution is 2.11. The molecule has 1 aromatic carbocycles. The Bertz CT molecular complexity index is 608. The highest BCUT2D eigenvalue weighted by molar-refractivity contribution is 5.91. The average molecular weight is 271 g/mol. The Labute approximate surface area is 117 Å². The lowest BCUT2D eigenvalue weighted by Gasteiger charge is -2.01. The quantitative estimate of drug-likeness (QED) is 0.660. The van der Waals surface area contributed by atoms with E-state index in [0.29, 0.717) is 12.2 Å². The highest BCUT2D eigenvalue weighted by Gasteiger charge is 2.08. The van der Waals surface area contributed by atoms with E-state index in [1.54, 1.807) is 18.2 Å². The van der Waals surface area contributed by atoms with Gasteiger partial charge in [-0.25, -0.2) is 0 Å². The number of aromatic nitrogens is 1. The lowest BCUT2D eigenvalue weighted by atomic mass is 10.2. The van der Waals surface area contributed by atoms with E-state index in [-0.39, 0.29) is 5.91 Å². The Kier molecular flexibility index (Phi) is 4.20. The van der Waals surface area contributed by atoms with Crippen molar-refractivity contribution in [2.24, 2.45) is 0 Å². The molecule has 0 bridgehead atoms. The van der Waals surface area contributed by atoms with Crippen LogP contribution >= 0.6 is 0 Å². The van der Waals surface area contributed by atoms with E-state index in [4.69, 9.17) is 10.3 Å². The zero-order valence-corrected chi connectivity index (χ0v) is 11.5. The Balaban J connectivity index is 1.91. The maximum Gasteiger partial charge on any atom is 0.244 e. The maximum atomic E-state index is 11.7. The molecule has 1 heterocycles. The smallest absolute Gasteiger partial charge is 0.244 e. The van der Waals surface area contributed by atoms with Gasteiger partial charge in [-0.1, -0.05) is 17.3 Å². The number of hydrogen-bond donors (Lipinski definition) is 2. The third-order valence-corrected chi connectivity index (χ3v) is 2.98. The molecule has 0 aliphatic heterocycles. The molecule has 0 aliphatic rings. The number of amides is 1. The summed E-state index contributed by atoms with van der Waals surface area (Å²) in [5.74, 6) is 0.562. The van der Waals surface area contributed by atoms with Crippen LogP contribution in [0.5, 0.6) is 0 Å². The second-order valence-corrected chi connectivity index (χ2v) is 4.52. The molecule has 0 radical (unpaired) electrons. The molecule has 0 spiro atoms. The fourth-order valence-electron chi connectivity index (χ4n) is 1.77. The summed E-state index contributed by atoms with van der Waals surface area (Å²) in [5, 5.41) is 6.64. The minimum atomic E-state index is -0.165. The number of nitrogens with one attached hydrogen (secondary N) is 1. The molecule has 0 fully saturated rings. The predicted octanol–water partition coefficient (Wildman–Crippen LogP) is 2.20. The third kappa shape index (κ3) is 3.47. The van der Waals surface area contributed by atoms with E-state index in [0.717, 1.165) is 22.6 Å². The van der Waals surface area contributed by atoms with Crippen LogP contribution in [0, 0.1) is 13.8 Å². The first-order chi connectivity index (χ1) is 9.56. The summed E-state index contributed by atoms with van der Waals surface area (Å²) >= 11 is 0. The van der Waals surface area contributed by atoms with Crippen LogP contribution < -0.4 is 11.1 Å². The summed E-state index contributed by atoms with van der Waals surface area (Å²) in [7, 11) is 0. The number of nitrogen functional groups attached to an aromatic ring is 1. The molecule has 0 saturated carbocycles. The molecule has 1 aromatic heterocycles. The molecular formula is C15H17N3O2. The Morgan fingerprint density at radius 3 is 2.65 bits per heavy atom. The van der Waals surface area contributed by atoms with Gasteiger partial charge < -0.3 is 15.6 Å². The molecule has 5 nitrogen and oxygen atoms in total. The molecule has 0 unspecified atom stereocenters. The number of hydrogen-bond acceptors (Lipinski definition) is 4.